The molecule has 0 spiro atoms. The van der Waals surface area contributed by atoms with Gasteiger partial charge in [-0.25, -0.2) is 4.98 Å². The van der Waals surface area contributed by atoms with Crippen molar-refractivity contribution in [1.29, 1.82) is 0 Å². The van der Waals surface area contributed by atoms with Gasteiger partial charge in [-0.3, -0.25) is 0 Å². The predicted molar refractivity (Wildman–Crippen MR) is 117 cm³/mol. The zero-order chi connectivity index (χ0) is 22.1. The van der Waals surface area contributed by atoms with Crippen LogP contribution >= 0.6 is 0 Å². The summed E-state index contributed by atoms with van der Waals surface area (Å²) in [5.41, 5.74) is 3.31. The lowest BCUT2D eigenvalue weighted by molar-refractivity contribution is -0.137. The predicted octanol–water partition coefficient (Wildman–Crippen LogP) is 6.45. The normalized spacial score (nSPS) is 11.6. The van der Waals surface area contributed by atoms with Gasteiger partial charge >= 0.3 is 6.18 Å². The zero-order valence-corrected chi connectivity index (χ0v) is 16.6. The van der Waals surface area contributed by atoms with E-state index in [1.165, 1.54) is 6.07 Å². The molecule has 0 atom stereocenters. The average Bonchev–Trinajstić information content (AvgIpc) is 3.23. The van der Waals surface area contributed by atoms with Crippen molar-refractivity contribution >= 4 is 22.5 Å². The van der Waals surface area contributed by atoms with Crippen LogP contribution in [0.2, 0.25) is 0 Å². The summed E-state index contributed by atoms with van der Waals surface area (Å²) >= 11 is 0. The number of benzene rings is 3. The van der Waals surface area contributed by atoms with Gasteiger partial charge in [0.25, 0.3) is 0 Å². The van der Waals surface area contributed by atoms with E-state index in [4.69, 9.17) is 0 Å². The molecule has 2 aromatic heterocycles. The number of aromatic nitrogens is 4. The Morgan fingerprint density at radius 1 is 0.750 bits per heavy atom. The van der Waals surface area contributed by atoms with Crippen LogP contribution in [0.5, 0.6) is 0 Å². The second-order valence-electron chi connectivity index (χ2n) is 7.19. The van der Waals surface area contributed by atoms with Crippen molar-refractivity contribution in [3.8, 4) is 22.6 Å². The van der Waals surface area contributed by atoms with Crippen LogP contribution in [0.25, 0.3) is 33.7 Å². The van der Waals surface area contributed by atoms with Crippen LogP contribution in [-0.2, 0) is 6.18 Å². The van der Waals surface area contributed by atoms with Crippen LogP contribution < -0.4 is 5.32 Å². The van der Waals surface area contributed by atoms with E-state index in [9.17, 15) is 13.2 Å². The van der Waals surface area contributed by atoms with E-state index < -0.39 is 11.7 Å². The number of nitrogens with one attached hydrogen (secondary N) is 2. The summed E-state index contributed by atoms with van der Waals surface area (Å²) in [6.45, 7) is 0. The maximum atomic E-state index is 13.0. The van der Waals surface area contributed by atoms with E-state index in [2.05, 4.69) is 25.5 Å². The summed E-state index contributed by atoms with van der Waals surface area (Å²) in [7, 11) is 0. The molecule has 32 heavy (non-hydrogen) atoms. The Labute approximate surface area is 181 Å². The molecule has 158 valence electrons. The molecule has 0 aliphatic heterocycles. The Morgan fingerprint density at radius 3 is 2.31 bits per heavy atom. The standard InChI is InChI=1S/C24H16F3N5/c25-24(26,27)17-9-10-20-21(14-17)30-23(29-20)16-7-4-8-18(13-16)28-22-12-11-19(31-32-22)15-5-2-1-3-6-15/h1-14H,(H,28,32)(H,29,30). The first-order valence-electron chi connectivity index (χ1n) is 9.79. The van der Waals surface area contributed by atoms with Crippen molar-refractivity contribution in [2.75, 3.05) is 5.32 Å². The molecule has 0 saturated heterocycles. The molecule has 3 aromatic carbocycles. The van der Waals surface area contributed by atoms with E-state index in [0.29, 0.717) is 22.7 Å². The Morgan fingerprint density at radius 2 is 1.56 bits per heavy atom. The van der Waals surface area contributed by atoms with Crippen LogP contribution in [0.15, 0.2) is 84.9 Å². The van der Waals surface area contributed by atoms with Crippen LogP contribution in [0, 0.1) is 0 Å². The summed E-state index contributed by atoms with van der Waals surface area (Å²) in [4.78, 5) is 7.40. The van der Waals surface area contributed by atoms with E-state index in [1.54, 1.807) is 0 Å². The molecule has 0 aliphatic carbocycles. The number of H-pyrrole nitrogens is 1. The smallest absolute Gasteiger partial charge is 0.339 e. The van der Waals surface area contributed by atoms with Gasteiger partial charge in [0.05, 0.1) is 22.3 Å². The van der Waals surface area contributed by atoms with E-state index in [-0.39, 0.29) is 0 Å². The minimum atomic E-state index is -4.40. The highest BCUT2D eigenvalue weighted by atomic mass is 19.4. The number of halogens is 3. The van der Waals surface area contributed by atoms with E-state index in [0.717, 1.165) is 34.6 Å². The first-order valence-corrected chi connectivity index (χ1v) is 9.79. The van der Waals surface area contributed by atoms with Gasteiger partial charge in [-0.15, -0.1) is 10.2 Å². The number of hydrogen-bond donors (Lipinski definition) is 2. The average molecular weight is 431 g/mol. The number of rotatable bonds is 4. The topological polar surface area (TPSA) is 66.5 Å². The highest BCUT2D eigenvalue weighted by Gasteiger charge is 2.30. The Bertz CT molecular complexity index is 1380. The molecule has 5 aromatic rings. The van der Waals surface area contributed by atoms with Gasteiger partial charge in [0.1, 0.15) is 5.82 Å². The number of aromatic amines is 1. The van der Waals surface area contributed by atoms with Crippen molar-refractivity contribution in [3.63, 3.8) is 0 Å². The lowest BCUT2D eigenvalue weighted by atomic mass is 10.1. The fraction of sp³-hybridized carbons (Fsp3) is 0.0417. The van der Waals surface area contributed by atoms with Gasteiger partial charge in [0.15, 0.2) is 5.82 Å². The molecular weight excluding hydrogens is 415 g/mol. The Hall–Kier alpha value is -4.20. The molecule has 8 heteroatoms. The van der Waals surface area contributed by atoms with Crippen LogP contribution in [0.4, 0.5) is 24.7 Å². The van der Waals surface area contributed by atoms with E-state index in [1.807, 2.05) is 66.7 Å². The third-order valence-electron chi connectivity index (χ3n) is 4.95. The number of imidazole rings is 1. The number of anilines is 2. The van der Waals surface area contributed by atoms with Crippen LogP contribution in [-0.4, -0.2) is 20.2 Å². The van der Waals surface area contributed by atoms with Crippen molar-refractivity contribution in [1.82, 2.24) is 20.2 Å². The highest BCUT2D eigenvalue weighted by Crippen LogP contribution is 2.32. The third kappa shape index (κ3) is 4.02. The van der Waals surface area contributed by atoms with Gasteiger partial charge in [-0.1, -0.05) is 42.5 Å². The largest absolute Gasteiger partial charge is 0.416 e. The third-order valence-corrected chi connectivity index (χ3v) is 4.95. The molecule has 0 unspecified atom stereocenters. The van der Waals surface area contributed by atoms with Gasteiger partial charge in [0, 0.05) is 16.8 Å². The molecule has 0 amide bonds. The second-order valence-corrected chi connectivity index (χ2v) is 7.19. The first kappa shape index (κ1) is 19.7. The molecule has 2 heterocycles. The molecule has 5 nitrogen and oxygen atoms in total. The van der Waals surface area contributed by atoms with Gasteiger partial charge in [0.2, 0.25) is 0 Å². The molecule has 0 fully saturated rings. The monoisotopic (exact) mass is 431 g/mol. The maximum Gasteiger partial charge on any atom is 0.416 e. The van der Waals surface area contributed by atoms with E-state index >= 15 is 0 Å². The molecule has 5 rings (SSSR count). The maximum absolute atomic E-state index is 13.0. The van der Waals surface area contributed by atoms with Gasteiger partial charge < -0.3 is 10.3 Å². The fourth-order valence-electron chi connectivity index (χ4n) is 3.38. The summed E-state index contributed by atoms with van der Waals surface area (Å²) < 4.78 is 38.9. The van der Waals surface area contributed by atoms with Crippen molar-refractivity contribution in [3.05, 3.63) is 90.5 Å². The lowest BCUT2D eigenvalue weighted by Crippen LogP contribution is -2.04. The number of fused-ring (bicyclic) bond motifs is 1. The van der Waals surface area contributed by atoms with Crippen LogP contribution in [0.3, 0.4) is 0 Å². The van der Waals surface area contributed by atoms with Crippen molar-refractivity contribution in [2.24, 2.45) is 0 Å². The Balaban J connectivity index is 1.39. The molecule has 0 radical (unpaired) electrons. The first-order chi connectivity index (χ1) is 15.5. The molecular formula is C24H16F3N5. The summed E-state index contributed by atoms with van der Waals surface area (Å²) in [5, 5.41) is 11.7. The minimum absolute atomic E-state index is 0.329. The summed E-state index contributed by atoms with van der Waals surface area (Å²) in [6, 6.07) is 24.3. The van der Waals surface area contributed by atoms with Gasteiger partial charge in [-0.05, 0) is 42.5 Å². The molecule has 0 aliphatic rings. The SMILES string of the molecule is FC(F)(F)c1ccc2nc(-c3cccc(Nc4ccc(-c5ccccc5)nn4)c3)[nH]c2c1. The molecule has 0 saturated carbocycles. The summed E-state index contributed by atoms with van der Waals surface area (Å²) in [6.07, 6.45) is -4.40. The van der Waals surface area contributed by atoms with Crippen LogP contribution in [0.1, 0.15) is 5.56 Å². The molecule has 0 bridgehead atoms. The highest BCUT2D eigenvalue weighted by molar-refractivity contribution is 5.81. The van der Waals surface area contributed by atoms with Crippen molar-refractivity contribution in [2.45, 2.75) is 6.18 Å². The van der Waals surface area contributed by atoms with Crippen molar-refractivity contribution < 1.29 is 13.2 Å². The lowest BCUT2D eigenvalue weighted by Gasteiger charge is -2.07. The second kappa shape index (κ2) is 7.81. The summed E-state index contributed by atoms with van der Waals surface area (Å²) in [5.74, 6) is 1.05. The van der Waals surface area contributed by atoms with Gasteiger partial charge in [-0.2, -0.15) is 13.2 Å². The number of alkyl halides is 3. The fourth-order valence-corrected chi connectivity index (χ4v) is 3.38. The Kier molecular flexibility index (Phi) is 4.82. The molecule has 2 N–H and O–H groups in total. The minimum Gasteiger partial charge on any atom is -0.339 e. The number of hydrogen-bond acceptors (Lipinski definition) is 4. The quantitative estimate of drug-likeness (QED) is 0.343. The zero-order valence-electron chi connectivity index (χ0n) is 16.6. The number of nitrogens with zero attached hydrogens (tertiary/aromatic N) is 3.